The van der Waals surface area contributed by atoms with E-state index < -0.39 is 0 Å². The summed E-state index contributed by atoms with van der Waals surface area (Å²) in [5, 5.41) is 9.39. The van der Waals surface area contributed by atoms with E-state index >= 15 is 0 Å². The minimum Gasteiger partial charge on any atom is -0.392 e. The van der Waals surface area contributed by atoms with Crippen molar-refractivity contribution in [1.82, 2.24) is 9.80 Å². The first-order valence-corrected chi connectivity index (χ1v) is 7.29. The van der Waals surface area contributed by atoms with Crippen LogP contribution in [-0.2, 0) is 9.53 Å². The van der Waals surface area contributed by atoms with E-state index in [0.29, 0.717) is 19.8 Å². The van der Waals surface area contributed by atoms with Crippen LogP contribution in [0.25, 0.3) is 0 Å². The number of rotatable bonds is 3. The molecule has 1 atom stereocenters. The third-order valence-electron chi connectivity index (χ3n) is 4.29. The highest BCUT2D eigenvalue weighted by Gasteiger charge is 2.38. The lowest BCUT2D eigenvalue weighted by atomic mass is 9.81. The summed E-state index contributed by atoms with van der Waals surface area (Å²) in [7, 11) is 0. The van der Waals surface area contributed by atoms with E-state index in [9.17, 15) is 9.90 Å². The van der Waals surface area contributed by atoms with Crippen molar-refractivity contribution in [2.45, 2.75) is 32.8 Å². The van der Waals surface area contributed by atoms with Gasteiger partial charge in [-0.2, -0.15) is 0 Å². The monoisotopic (exact) mass is 270 g/mol. The number of aliphatic hydroxyl groups excluding tert-OH is 1. The molecule has 2 fully saturated rings. The number of hydrogen-bond acceptors (Lipinski definition) is 4. The molecule has 2 rings (SSSR count). The molecular weight excluding hydrogens is 244 g/mol. The standard InChI is InChI=1S/C14H26N2O3/c1-12(17)11-15-5-7-16(8-6-15)13(18)14(2)3-9-19-10-4-14/h12,17H,3-11H2,1-2H3. The van der Waals surface area contributed by atoms with Gasteiger partial charge in [-0.1, -0.05) is 6.92 Å². The fraction of sp³-hybridized carbons (Fsp3) is 0.929. The molecular formula is C14H26N2O3. The Bertz CT molecular complexity index is 306. The molecule has 5 heteroatoms. The summed E-state index contributed by atoms with van der Waals surface area (Å²) < 4.78 is 5.36. The van der Waals surface area contributed by atoms with Gasteiger partial charge in [0, 0.05) is 45.9 Å². The number of β-amino-alcohol motifs (C(OH)–C–C–N with tert-alkyl or cyclic N) is 1. The Morgan fingerprint density at radius 3 is 2.37 bits per heavy atom. The molecule has 1 unspecified atom stereocenters. The minimum absolute atomic E-state index is 0.231. The van der Waals surface area contributed by atoms with Crippen molar-refractivity contribution in [3.63, 3.8) is 0 Å². The molecule has 0 aliphatic carbocycles. The molecule has 2 heterocycles. The van der Waals surface area contributed by atoms with Crippen molar-refractivity contribution in [1.29, 1.82) is 0 Å². The molecule has 0 bridgehead atoms. The Kier molecular flexibility index (Phi) is 4.81. The van der Waals surface area contributed by atoms with E-state index in [4.69, 9.17) is 4.74 Å². The second-order valence-electron chi connectivity index (χ2n) is 6.11. The number of carbonyl (C=O) groups excluding carboxylic acids is 1. The molecule has 2 aliphatic rings. The molecule has 19 heavy (non-hydrogen) atoms. The topological polar surface area (TPSA) is 53.0 Å². The third-order valence-corrected chi connectivity index (χ3v) is 4.29. The van der Waals surface area contributed by atoms with E-state index in [1.165, 1.54) is 0 Å². The lowest BCUT2D eigenvalue weighted by Gasteiger charge is -2.41. The van der Waals surface area contributed by atoms with Crippen LogP contribution in [0.5, 0.6) is 0 Å². The predicted octanol–water partition coefficient (Wildman–Crippen LogP) is 0.328. The van der Waals surface area contributed by atoms with E-state index in [1.807, 2.05) is 4.90 Å². The molecule has 5 nitrogen and oxygen atoms in total. The Labute approximate surface area is 115 Å². The summed E-state index contributed by atoms with van der Waals surface area (Å²) in [6, 6.07) is 0. The van der Waals surface area contributed by atoms with Crippen LogP contribution < -0.4 is 0 Å². The van der Waals surface area contributed by atoms with Crippen molar-refractivity contribution in [3.05, 3.63) is 0 Å². The molecule has 1 amide bonds. The summed E-state index contributed by atoms with van der Waals surface area (Å²) >= 11 is 0. The highest BCUT2D eigenvalue weighted by Crippen LogP contribution is 2.32. The number of carbonyl (C=O) groups is 1. The van der Waals surface area contributed by atoms with Gasteiger partial charge in [-0.15, -0.1) is 0 Å². The van der Waals surface area contributed by atoms with Crippen molar-refractivity contribution in [2.75, 3.05) is 45.9 Å². The molecule has 2 aliphatic heterocycles. The van der Waals surface area contributed by atoms with Gasteiger partial charge in [0.2, 0.25) is 5.91 Å². The second-order valence-corrected chi connectivity index (χ2v) is 6.11. The fourth-order valence-corrected chi connectivity index (χ4v) is 2.92. The minimum atomic E-state index is -0.296. The Balaban J connectivity index is 1.85. The van der Waals surface area contributed by atoms with Crippen LogP contribution in [0.2, 0.25) is 0 Å². The molecule has 0 spiro atoms. The number of nitrogens with zero attached hydrogens (tertiary/aromatic N) is 2. The maximum atomic E-state index is 12.6. The molecule has 0 saturated carbocycles. The first-order valence-electron chi connectivity index (χ1n) is 7.29. The molecule has 110 valence electrons. The number of aliphatic hydroxyl groups is 1. The van der Waals surface area contributed by atoms with E-state index in [0.717, 1.165) is 39.0 Å². The summed E-state index contributed by atoms with van der Waals surface area (Å²) in [4.78, 5) is 16.8. The van der Waals surface area contributed by atoms with Crippen molar-refractivity contribution >= 4 is 5.91 Å². The van der Waals surface area contributed by atoms with Crippen molar-refractivity contribution in [2.24, 2.45) is 5.41 Å². The SMILES string of the molecule is CC(O)CN1CCN(C(=O)C2(C)CCOCC2)CC1. The molecule has 0 aromatic heterocycles. The van der Waals surface area contributed by atoms with Gasteiger partial charge in [-0.25, -0.2) is 0 Å². The van der Waals surface area contributed by atoms with Crippen molar-refractivity contribution < 1.29 is 14.6 Å². The zero-order chi connectivity index (χ0) is 13.9. The zero-order valence-electron chi connectivity index (χ0n) is 12.1. The van der Waals surface area contributed by atoms with Gasteiger partial charge in [0.1, 0.15) is 0 Å². The van der Waals surface area contributed by atoms with Crippen LogP contribution >= 0.6 is 0 Å². The highest BCUT2D eigenvalue weighted by atomic mass is 16.5. The quantitative estimate of drug-likeness (QED) is 0.803. The summed E-state index contributed by atoms with van der Waals surface area (Å²) in [5.74, 6) is 0.285. The number of ether oxygens (including phenoxy) is 1. The normalized spacial score (nSPS) is 26.2. The van der Waals surface area contributed by atoms with Gasteiger partial charge in [0.15, 0.2) is 0 Å². The van der Waals surface area contributed by atoms with Crippen LogP contribution in [0.15, 0.2) is 0 Å². The number of piperazine rings is 1. The maximum Gasteiger partial charge on any atom is 0.228 e. The van der Waals surface area contributed by atoms with Gasteiger partial charge < -0.3 is 14.7 Å². The first-order chi connectivity index (χ1) is 9.01. The summed E-state index contributed by atoms with van der Waals surface area (Å²) in [6.07, 6.45) is 1.37. The summed E-state index contributed by atoms with van der Waals surface area (Å²) in [6.45, 7) is 9.26. The third kappa shape index (κ3) is 3.68. The van der Waals surface area contributed by atoms with Crippen molar-refractivity contribution in [3.8, 4) is 0 Å². The van der Waals surface area contributed by atoms with Gasteiger partial charge >= 0.3 is 0 Å². The van der Waals surface area contributed by atoms with Crippen LogP contribution in [0.3, 0.4) is 0 Å². The van der Waals surface area contributed by atoms with Crippen LogP contribution in [0, 0.1) is 5.41 Å². The molecule has 2 saturated heterocycles. The van der Waals surface area contributed by atoms with Gasteiger partial charge in [0.25, 0.3) is 0 Å². The Hall–Kier alpha value is -0.650. The molecule has 1 N–H and O–H groups in total. The average Bonchev–Trinajstić information content (AvgIpc) is 2.39. The summed E-state index contributed by atoms with van der Waals surface area (Å²) in [5.41, 5.74) is -0.231. The highest BCUT2D eigenvalue weighted by molar-refractivity contribution is 5.82. The van der Waals surface area contributed by atoms with Crippen LogP contribution in [-0.4, -0.2) is 72.9 Å². The second kappa shape index (κ2) is 6.20. The van der Waals surface area contributed by atoms with E-state index in [2.05, 4.69) is 11.8 Å². The molecule has 0 aromatic rings. The number of amides is 1. The molecule has 0 radical (unpaired) electrons. The predicted molar refractivity (Wildman–Crippen MR) is 72.9 cm³/mol. The lowest BCUT2D eigenvalue weighted by molar-refractivity contribution is -0.148. The zero-order valence-corrected chi connectivity index (χ0v) is 12.1. The fourth-order valence-electron chi connectivity index (χ4n) is 2.92. The van der Waals surface area contributed by atoms with Crippen LogP contribution in [0.1, 0.15) is 26.7 Å². The number of hydrogen-bond donors (Lipinski definition) is 1. The van der Waals surface area contributed by atoms with E-state index in [-0.39, 0.29) is 17.4 Å². The van der Waals surface area contributed by atoms with Gasteiger partial charge in [-0.3, -0.25) is 9.69 Å². The first kappa shape index (κ1) is 14.8. The smallest absolute Gasteiger partial charge is 0.228 e. The molecule has 0 aromatic carbocycles. The lowest BCUT2D eigenvalue weighted by Crippen LogP contribution is -2.54. The van der Waals surface area contributed by atoms with E-state index in [1.54, 1.807) is 6.92 Å². The Morgan fingerprint density at radius 2 is 1.84 bits per heavy atom. The van der Waals surface area contributed by atoms with Gasteiger partial charge in [-0.05, 0) is 19.8 Å². The maximum absolute atomic E-state index is 12.6. The average molecular weight is 270 g/mol. The Morgan fingerprint density at radius 1 is 1.26 bits per heavy atom. The largest absolute Gasteiger partial charge is 0.392 e. The van der Waals surface area contributed by atoms with Gasteiger partial charge in [0.05, 0.1) is 11.5 Å². The van der Waals surface area contributed by atoms with Crippen LogP contribution in [0.4, 0.5) is 0 Å².